The minimum absolute atomic E-state index is 0.0509. The zero-order valence-corrected chi connectivity index (χ0v) is 12.3. The van der Waals surface area contributed by atoms with Gasteiger partial charge in [-0.05, 0) is 37.5 Å². The van der Waals surface area contributed by atoms with Crippen molar-refractivity contribution in [2.75, 3.05) is 6.54 Å². The van der Waals surface area contributed by atoms with E-state index in [1.54, 1.807) is 0 Å². The van der Waals surface area contributed by atoms with Crippen molar-refractivity contribution in [2.45, 2.75) is 32.8 Å². The number of hydrogen-bond donors (Lipinski definition) is 2. The number of ether oxygens (including phenoxy) is 1. The molecule has 2 N–H and O–H groups in total. The molecule has 2 aromatic rings. The summed E-state index contributed by atoms with van der Waals surface area (Å²) >= 11 is 0. The summed E-state index contributed by atoms with van der Waals surface area (Å²) in [5.41, 5.74) is 4.32. The lowest BCUT2D eigenvalue weighted by Gasteiger charge is -2.11. The van der Waals surface area contributed by atoms with Gasteiger partial charge in [0.25, 0.3) is 5.91 Å². The van der Waals surface area contributed by atoms with Crippen LogP contribution in [0.5, 0.6) is 5.75 Å². The number of aromatic nitrogens is 2. The topological polar surface area (TPSA) is 67.0 Å². The predicted molar refractivity (Wildman–Crippen MR) is 79.3 cm³/mol. The molecule has 1 unspecified atom stereocenters. The van der Waals surface area contributed by atoms with Crippen LogP contribution in [0.15, 0.2) is 24.3 Å². The summed E-state index contributed by atoms with van der Waals surface area (Å²) in [4.78, 5) is 12.2. The molecule has 110 valence electrons. The summed E-state index contributed by atoms with van der Waals surface area (Å²) in [5.74, 6) is 0.768. The summed E-state index contributed by atoms with van der Waals surface area (Å²) in [6.45, 7) is 4.56. The molecule has 5 heteroatoms. The van der Waals surface area contributed by atoms with Crippen LogP contribution in [-0.2, 0) is 17.6 Å². The molecule has 0 saturated carbocycles. The second-order valence-corrected chi connectivity index (χ2v) is 5.37. The van der Waals surface area contributed by atoms with E-state index in [1.165, 1.54) is 5.56 Å². The van der Waals surface area contributed by atoms with Crippen molar-refractivity contribution in [2.24, 2.45) is 0 Å². The van der Waals surface area contributed by atoms with Crippen LogP contribution in [0.4, 0.5) is 0 Å². The van der Waals surface area contributed by atoms with Crippen molar-refractivity contribution in [1.82, 2.24) is 15.5 Å². The predicted octanol–water partition coefficient (Wildman–Crippen LogP) is 1.69. The molecule has 0 spiro atoms. The van der Waals surface area contributed by atoms with Gasteiger partial charge in [0.15, 0.2) is 6.10 Å². The lowest BCUT2D eigenvalue weighted by Crippen LogP contribution is -2.38. The number of nitrogens with zero attached hydrogens (tertiary/aromatic N) is 1. The van der Waals surface area contributed by atoms with Gasteiger partial charge in [0, 0.05) is 18.7 Å². The van der Waals surface area contributed by atoms with Crippen molar-refractivity contribution >= 4 is 5.91 Å². The Morgan fingerprint density at radius 3 is 2.95 bits per heavy atom. The molecule has 0 radical (unpaired) electrons. The molecule has 0 aliphatic carbocycles. The monoisotopic (exact) mass is 285 g/mol. The van der Waals surface area contributed by atoms with Gasteiger partial charge >= 0.3 is 0 Å². The number of carbonyl (C=O) groups excluding carboxylic acids is 1. The van der Waals surface area contributed by atoms with E-state index in [4.69, 9.17) is 4.74 Å². The highest BCUT2D eigenvalue weighted by Crippen LogP contribution is 2.28. The van der Waals surface area contributed by atoms with Crippen LogP contribution in [-0.4, -0.2) is 28.8 Å². The fourth-order valence-corrected chi connectivity index (χ4v) is 2.70. The van der Waals surface area contributed by atoms with Crippen LogP contribution in [0.3, 0.4) is 0 Å². The number of carbonyl (C=O) groups is 1. The maximum atomic E-state index is 12.2. The van der Waals surface area contributed by atoms with Crippen LogP contribution in [0, 0.1) is 13.8 Å². The van der Waals surface area contributed by atoms with Crippen LogP contribution in [0.1, 0.15) is 22.5 Å². The van der Waals surface area contributed by atoms with E-state index in [0.717, 1.165) is 29.1 Å². The number of H-pyrrole nitrogens is 1. The molecule has 1 aromatic carbocycles. The minimum atomic E-state index is -0.408. The maximum Gasteiger partial charge on any atom is 0.261 e. The fourth-order valence-electron chi connectivity index (χ4n) is 2.70. The Balaban J connectivity index is 1.52. The molecule has 0 bridgehead atoms. The van der Waals surface area contributed by atoms with E-state index < -0.39 is 6.10 Å². The largest absolute Gasteiger partial charge is 0.480 e. The number of aromatic amines is 1. The molecule has 1 aliphatic heterocycles. The first-order valence-corrected chi connectivity index (χ1v) is 7.18. The molecule has 1 aromatic heterocycles. The SMILES string of the molecule is Cc1n[nH]c(C)c1CCNC(=O)C1Cc2ccccc2O1. The van der Waals surface area contributed by atoms with Gasteiger partial charge in [-0.1, -0.05) is 18.2 Å². The molecule has 0 saturated heterocycles. The molecule has 5 nitrogen and oxygen atoms in total. The highest BCUT2D eigenvalue weighted by atomic mass is 16.5. The van der Waals surface area contributed by atoms with Crippen LogP contribution in [0.25, 0.3) is 0 Å². The zero-order valence-electron chi connectivity index (χ0n) is 12.3. The molecule has 0 fully saturated rings. The number of rotatable bonds is 4. The lowest BCUT2D eigenvalue weighted by molar-refractivity contribution is -0.127. The summed E-state index contributed by atoms with van der Waals surface area (Å²) in [5, 5.41) is 10.1. The van der Waals surface area contributed by atoms with Gasteiger partial charge in [0.2, 0.25) is 0 Å². The third-order valence-corrected chi connectivity index (χ3v) is 3.89. The second-order valence-electron chi connectivity index (χ2n) is 5.37. The average Bonchev–Trinajstić information content (AvgIpc) is 3.04. The summed E-state index contributed by atoms with van der Waals surface area (Å²) in [6, 6.07) is 7.79. The van der Waals surface area contributed by atoms with Crippen molar-refractivity contribution in [3.63, 3.8) is 0 Å². The van der Waals surface area contributed by atoms with Gasteiger partial charge in [0.1, 0.15) is 5.75 Å². The lowest BCUT2D eigenvalue weighted by atomic mass is 10.1. The van der Waals surface area contributed by atoms with Crippen LogP contribution >= 0.6 is 0 Å². The van der Waals surface area contributed by atoms with Gasteiger partial charge in [0.05, 0.1) is 5.69 Å². The van der Waals surface area contributed by atoms with Crippen molar-refractivity contribution in [3.8, 4) is 5.75 Å². The zero-order chi connectivity index (χ0) is 14.8. The first-order valence-electron chi connectivity index (χ1n) is 7.18. The first-order chi connectivity index (χ1) is 10.1. The average molecular weight is 285 g/mol. The Labute approximate surface area is 123 Å². The van der Waals surface area contributed by atoms with Gasteiger partial charge in [-0.15, -0.1) is 0 Å². The molecule has 1 atom stereocenters. The van der Waals surface area contributed by atoms with Crippen molar-refractivity contribution in [1.29, 1.82) is 0 Å². The number of aryl methyl sites for hydroxylation is 2. The third-order valence-electron chi connectivity index (χ3n) is 3.89. The van der Waals surface area contributed by atoms with E-state index in [9.17, 15) is 4.79 Å². The highest BCUT2D eigenvalue weighted by molar-refractivity contribution is 5.82. The normalized spacial score (nSPS) is 16.4. The van der Waals surface area contributed by atoms with E-state index in [-0.39, 0.29) is 5.91 Å². The fraction of sp³-hybridized carbons (Fsp3) is 0.375. The number of fused-ring (bicyclic) bond motifs is 1. The minimum Gasteiger partial charge on any atom is -0.480 e. The van der Waals surface area contributed by atoms with Crippen LogP contribution in [0.2, 0.25) is 0 Å². The summed E-state index contributed by atoms with van der Waals surface area (Å²) in [7, 11) is 0. The summed E-state index contributed by atoms with van der Waals surface area (Å²) < 4.78 is 5.67. The number of benzene rings is 1. The molecular formula is C16H19N3O2. The second kappa shape index (κ2) is 5.60. The van der Waals surface area contributed by atoms with Gasteiger partial charge in [-0.2, -0.15) is 5.10 Å². The van der Waals surface area contributed by atoms with Crippen LogP contribution < -0.4 is 10.1 Å². The van der Waals surface area contributed by atoms with E-state index in [1.807, 2.05) is 38.1 Å². The quantitative estimate of drug-likeness (QED) is 0.898. The Hall–Kier alpha value is -2.30. The van der Waals surface area contributed by atoms with Crippen molar-refractivity contribution in [3.05, 3.63) is 46.8 Å². The molecular weight excluding hydrogens is 266 g/mol. The number of nitrogens with one attached hydrogen (secondary N) is 2. The Morgan fingerprint density at radius 2 is 2.24 bits per heavy atom. The van der Waals surface area contributed by atoms with E-state index in [0.29, 0.717) is 13.0 Å². The standard InChI is InChI=1S/C16H19N3O2/c1-10-13(11(2)19-18-10)7-8-17-16(20)15-9-12-5-3-4-6-14(12)21-15/h3-6,15H,7-9H2,1-2H3,(H,17,20)(H,18,19). The molecule has 1 amide bonds. The van der Waals surface area contributed by atoms with Gasteiger partial charge in [-0.25, -0.2) is 0 Å². The highest BCUT2D eigenvalue weighted by Gasteiger charge is 2.28. The third kappa shape index (κ3) is 2.77. The molecule has 3 rings (SSSR count). The maximum absolute atomic E-state index is 12.2. The molecule has 2 heterocycles. The first kappa shape index (κ1) is 13.7. The van der Waals surface area contributed by atoms with Gasteiger partial charge in [-0.3, -0.25) is 9.89 Å². The smallest absolute Gasteiger partial charge is 0.261 e. The molecule has 1 aliphatic rings. The number of para-hydroxylation sites is 1. The Bertz CT molecular complexity index is 619. The Morgan fingerprint density at radius 1 is 1.43 bits per heavy atom. The molecule has 21 heavy (non-hydrogen) atoms. The number of hydrogen-bond acceptors (Lipinski definition) is 3. The van der Waals surface area contributed by atoms with E-state index >= 15 is 0 Å². The number of amides is 1. The Kier molecular flexibility index (Phi) is 3.64. The van der Waals surface area contributed by atoms with E-state index in [2.05, 4.69) is 15.5 Å². The van der Waals surface area contributed by atoms with Gasteiger partial charge < -0.3 is 10.1 Å². The van der Waals surface area contributed by atoms with Crippen molar-refractivity contribution < 1.29 is 9.53 Å². The summed E-state index contributed by atoms with van der Waals surface area (Å²) in [6.07, 6.45) is 1.01.